The largest absolute Gasteiger partial charge is 0.496 e. The van der Waals surface area contributed by atoms with Crippen LogP contribution in [-0.4, -0.2) is 50.6 Å². The zero-order chi connectivity index (χ0) is 20.6. The number of amides is 1. The molecule has 0 saturated carbocycles. The second kappa shape index (κ2) is 10.1. The maximum Gasteiger partial charge on any atom is 0.337 e. The fourth-order valence-corrected chi connectivity index (χ4v) is 3.80. The third-order valence-corrected chi connectivity index (χ3v) is 5.28. The van der Waals surface area contributed by atoms with Crippen LogP contribution < -0.4 is 10.1 Å². The Morgan fingerprint density at radius 1 is 1.14 bits per heavy atom. The molecule has 1 amide bonds. The van der Waals surface area contributed by atoms with Gasteiger partial charge in [0, 0.05) is 18.7 Å². The van der Waals surface area contributed by atoms with E-state index in [-0.39, 0.29) is 11.9 Å². The molecular formula is C23H28N2O4. The van der Waals surface area contributed by atoms with Gasteiger partial charge in [0.25, 0.3) is 0 Å². The van der Waals surface area contributed by atoms with E-state index in [2.05, 4.69) is 10.2 Å². The summed E-state index contributed by atoms with van der Waals surface area (Å²) in [5, 5.41) is 2.98. The van der Waals surface area contributed by atoms with Crippen molar-refractivity contribution in [3.05, 3.63) is 65.2 Å². The third kappa shape index (κ3) is 5.81. The first kappa shape index (κ1) is 20.9. The number of nitrogens with zero attached hydrogens (tertiary/aromatic N) is 1. The Balaban J connectivity index is 1.46. The molecule has 2 aromatic rings. The summed E-state index contributed by atoms with van der Waals surface area (Å²) in [6, 6.07) is 15.3. The van der Waals surface area contributed by atoms with E-state index in [1.54, 1.807) is 13.2 Å². The van der Waals surface area contributed by atoms with Crippen molar-refractivity contribution in [3.63, 3.8) is 0 Å². The number of para-hydroxylation sites is 1. The fraction of sp³-hybridized carbons (Fsp3) is 0.391. The Bertz CT molecular complexity index is 852. The minimum absolute atomic E-state index is 0.0178. The van der Waals surface area contributed by atoms with E-state index < -0.39 is 0 Å². The van der Waals surface area contributed by atoms with Crippen LogP contribution in [0, 0.1) is 5.92 Å². The molecule has 1 aliphatic heterocycles. The summed E-state index contributed by atoms with van der Waals surface area (Å²) in [7, 11) is 3.02. The van der Waals surface area contributed by atoms with Crippen molar-refractivity contribution in [2.24, 2.45) is 5.92 Å². The fourth-order valence-electron chi connectivity index (χ4n) is 3.80. The lowest BCUT2D eigenvalue weighted by molar-refractivity contribution is -0.122. The molecule has 1 saturated heterocycles. The standard InChI is InChI=1S/C23H28N2O4/c1-28-21-9-4-3-7-20(21)14-24-22(26)16-25-11-10-18(15-25)12-17-6-5-8-19(13-17)23(27)29-2/h3-9,13,18H,10-12,14-16H2,1-2H3,(H,24,26). The number of nitrogens with one attached hydrogen (secondary N) is 1. The van der Waals surface area contributed by atoms with Crippen LogP contribution in [0.5, 0.6) is 5.75 Å². The van der Waals surface area contributed by atoms with Gasteiger partial charge in [0.1, 0.15) is 5.75 Å². The first-order chi connectivity index (χ1) is 14.1. The number of carbonyl (C=O) groups excluding carboxylic acids is 2. The van der Waals surface area contributed by atoms with Crippen LogP contribution in [0.4, 0.5) is 0 Å². The molecule has 0 aliphatic carbocycles. The molecule has 1 N–H and O–H groups in total. The Labute approximate surface area is 171 Å². The van der Waals surface area contributed by atoms with Crippen molar-refractivity contribution in [2.75, 3.05) is 33.9 Å². The first-order valence-electron chi connectivity index (χ1n) is 9.87. The molecule has 0 radical (unpaired) electrons. The zero-order valence-corrected chi connectivity index (χ0v) is 17.0. The van der Waals surface area contributed by atoms with Crippen molar-refractivity contribution in [2.45, 2.75) is 19.4 Å². The molecule has 1 unspecified atom stereocenters. The second-order valence-electron chi connectivity index (χ2n) is 7.37. The summed E-state index contributed by atoms with van der Waals surface area (Å²) in [5.74, 6) is 0.962. The quantitative estimate of drug-likeness (QED) is 0.695. The van der Waals surface area contributed by atoms with Gasteiger partial charge in [-0.15, -0.1) is 0 Å². The SMILES string of the molecule is COC(=O)c1cccc(CC2CCN(CC(=O)NCc3ccccc3OC)C2)c1. The molecule has 6 nitrogen and oxygen atoms in total. The summed E-state index contributed by atoms with van der Waals surface area (Å²) in [4.78, 5) is 26.2. The van der Waals surface area contributed by atoms with E-state index in [0.717, 1.165) is 42.8 Å². The highest BCUT2D eigenvalue weighted by atomic mass is 16.5. The Kier molecular flexibility index (Phi) is 7.25. The Morgan fingerprint density at radius 2 is 1.97 bits per heavy atom. The predicted octanol–water partition coefficient (Wildman–Crippen LogP) is 2.66. The van der Waals surface area contributed by atoms with Crippen LogP contribution in [-0.2, 0) is 22.5 Å². The highest BCUT2D eigenvalue weighted by molar-refractivity contribution is 5.89. The van der Waals surface area contributed by atoms with E-state index in [1.807, 2.05) is 42.5 Å². The lowest BCUT2D eigenvalue weighted by Crippen LogP contribution is -2.35. The summed E-state index contributed by atoms with van der Waals surface area (Å²) in [5.41, 5.74) is 2.67. The lowest BCUT2D eigenvalue weighted by Gasteiger charge is -2.16. The maximum atomic E-state index is 12.3. The van der Waals surface area contributed by atoms with Crippen LogP contribution in [0.15, 0.2) is 48.5 Å². The van der Waals surface area contributed by atoms with Crippen molar-refractivity contribution in [3.8, 4) is 5.75 Å². The van der Waals surface area contributed by atoms with E-state index >= 15 is 0 Å². The third-order valence-electron chi connectivity index (χ3n) is 5.28. The number of methoxy groups -OCH3 is 2. The van der Waals surface area contributed by atoms with Gasteiger partial charge in [-0.1, -0.05) is 30.3 Å². The summed E-state index contributed by atoms with van der Waals surface area (Å²) in [6.45, 7) is 2.64. The normalized spacial score (nSPS) is 16.4. The Hall–Kier alpha value is -2.86. The molecule has 1 atom stereocenters. The minimum Gasteiger partial charge on any atom is -0.496 e. The van der Waals surface area contributed by atoms with Crippen molar-refractivity contribution >= 4 is 11.9 Å². The summed E-state index contributed by atoms with van der Waals surface area (Å²) in [6.07, 6.45) is 1.94. The highest BCUT2D eigenvalue weighted by Gasteiger charge is 2.24. The van der Waals surface area contributed by atoms with Gasteiger partial charge >= 0.3 is 5.97 Å². The van der Waals surface area contributed by atoms with Gasteiger partial charge in [-0.05, 0) is 49.1 Å². The van der Waals surface area contributed by atoms with Gasteiger partial charge in [-0.2, -0.15) is 0 Å². The molecule has 154 valence electrons. The van der Waals surface area contributed by atoms with E-state index in [4.69, 9.17) is 9.47 Å². The molecular weight excluding hydrogens is 368 g/mol. The lowest BCUT2D eigenvalue weighted by atomic mass is 9.97. The van der Waals surface area contributed by atoms with E-state index in [9.17, 15) is 9.59 Å². The molecule has 6 heteroatoms. The molecule has 1 heterocycles. The maximum absolute atomic E-state index is 12.3. The average molecular weight is 396 g/mol. The van der Waals surface area contributed by atoms with Crippen LogP contribution in [0.2, 0.25) is 0 Å². The Morgan fingerprint density at radius 3 is 2.76 bits per heavy atom. The minimum atomic E-state index is -0.313. The van der Waals surface area contributed by atoms with Crippen LogP contribution in [0.3, 0.4) is 0 Å². The second-order valence-corrected chi connectivity index (χ2v) is 7.37. The van der Waals surface area contributed by atoms with Crippen LogP contribution >= 0.6 is 0 Å². The molecule has 29 heavy (non-hydrogen) atoms. The van der Waals surface area contributed by atoms with Crippen LogP contribution in [0.25, 0.3) is 0 Å². The van der Waals surface area contributed by atoms with Crippen LogP contribution in [0.1, 0.15) is 27.9 Å². The molecule has 0 spiro atoms. The average Bonchev–Trinajstić information content (AvgIpc) is 3.18. The van der Waals surface area contributed by atoms with Gasteiger partial charge in [-0.3, -0.25) is 9.69 Å². The number of esters is 1. The first-order valence-corrected chi connectivity index (χ1v) is 9.87. The molecule has 1 aliphatic rings. The van der Waals surface area contributed by atoms with Gasteiger partial charge in [0.2, 0.25) is 5.91 Å². The van der Waals surface area contributed by atoms with E-state index in [1.165, 1.54) is 7.11 Å². The molecule has 3 rings (SSSR count). The van der Waals surface area contributed by atoms with Gasteiger partial charge in [-0.25, -0.2) is 4.79 Å². The number of benzene rings is 2. The molecule has 0 aromatic heterocycles. The number of ether oxygens (including phenoxy) is 2. The number of hydrogen-bond acceptors (Lipinski definition) is 5. The topological polar surface area (TPSA) is 67.9 Å². The highest BCUT2D eigenvalue weighted by Crippen LogP contribution is 2.21. The number of rotatable bonds is 8. The molecule has 0 bridgehead atoms. The van der Waals surface area contributed by atoms with E-state index in [0.29, 0.717) is 24.6 Å². The van der Waals surface area contributed by atoms with Crippen molar-refractivity contribution < 1.29 is 19.1 Å². The predicted molar refractivity (Wildman–Crippen MR) is 111 cm³/mol. The number of carbonyl (C=O) groups is 2. The van der Waals surface area contributed by atoms with Crippen molar-refractivity contribution in [1.29, 1.82) is 0 Å². The van der Waals surface area contributed by atoms with Gasteiger partial charge in [0.15, 0.2) is 0 Å². The smallest absolute Gasteiger partial charge is 0.337 e. The van der Waals surface area contributed by atoms with Crippen molar-refractivity contribution in [1.82, 2.24) is 10.2 Å². The summed E-state index contributed by atoms with van der Waals surface area (Å²) >= 11 is 0. The van der Waals surface area contributed by atoms with Gasteiger partial charge in [0.05, 0.1) is 26.3 Å². The zero-order valence-electron chi connectivity index (χ0n) is 17.0. The monoisotopic (exact) mass is 396 g/mol. The van der Waals surface area contributed by atoms with Gasteiger partial charge < -0.3 is 14.8 Å². The number of hydrogen-bond donors (Lipinski definition) is 1. The summed E-state index contributed by atoms with van der Waals surface area (Å²) < 4.78 is 10.1. The molecule has 2 aromatic carbocycles. The number of likely N-dealkylation sites (tertiary alicyclic amines) is 1. The molecule has 1 fully saturated rings.